The largest absolute Gasteiger partial charge is 0.497 e. The fourth-order valence-corrected chi connectivity index (χ4v) is 2.82. The molecule has 0 radical (unpaired) electrons. The molecule has 1 N–H and O–H groups in total. The second kappa shape index (κ2) is 10.4. The predicted molar refractivity (Wildman–Crippen MR) is 113 cm³/mol. The molecule has 2 amide bonds. The van der Waals surface area contributed by atoms with Crippen molar-refractivity contribution in [2.45, 2.75) is 0 Å². The lowest BCUT2D eigenvalue weighted by molar-refractivity contribution is -0.129. The average molecular weight is 419 g/mol. The third-order valence-corrected chi connectivity index (χ3v) is 4.27. The van der Waals surface area contributed by atoms with E-state index in [1.165, 1.54) is 25.2 Å². The monoisotopic (exact) mass is 418 g/mol. The molecule has 0 aliphatic rings. The highest BCUT2D eigenvalue weighted by atomic mass is 35.5. The molecule has 7 nitrogen and oxygen atoms in total. The number of methoxy groups -OCH3 is 3. The van der Waals surface area contributed by atoms with Crippen molar-refractivity contribution in [3.63, 3.8) is 0 Å². The van der Waals surface area contributed by atoms with Crippen molar-refractivity contribution in [1.82, 2.24) is 4.90 Å². The van der Waals surface area contributed by atoms with Crippen LogP contribution in [0.15, 0.2) is 42.5 Å². The Morgan fingerprint density at radius 1 is 1.10 bits per heavy atom. The molecule has 0 saturated carbocycles. The molecule has 154 valence electrons. The first-order valence-corrected chi connectivity index (χ1v) is 9.04. The smallest absolute Gasteiger partial charge is 0.246 e. The predicted octanol–water partition coefficient (Wildman–Crippen LogP) is 3.48. The van der Waals surface area contributed by atoms with Gasteiger partial charge >= 0.3 is 0 Å². The highest BCUT2D eigenvalue weighted by Gasteiger charge is 2.13. The summed E-state index contributed by atoms with van der Waals surface area (Å²) < 4.78 is 15.5. The zero-order chi connectivity index (χ0) is 21.4. The van der Waals surface area contributed by atoms with Gasteiger partial charge in [0, 0.05) is 24.9 Å². The summed E-state index contributed by atoms with van der Waals surface area (Å²) in [7, 11) is 6.08. The van der Waals surface area contributed by atoms with Crippen LogP contribution in [0.25, 0.3) is 6.08 Å². The lowest BCUT2D eigenvalue weighted by Crippen LogP contribution is -2.33. The number of likely N-dealkylation sites (N-methyl/N-ethyl adjacent to an activating group) is 1. The number of halogens is 1. The maximum atomic E-state index is 12.3. The van der Waals surface area contributed by atoms with Gasteiger partial charge in [0.15, 0.2) is 11.5 Å². The summed E-state index contributed by atoms with van der Waals surface area (Å²) in [6.07, 6.45) is 2.95. The number of nitrogens with zero attached hydrogens (tertiary/aromatic N) is 1. The van der Waals surface area contributed by atoms with Crippen molar-refractivity contribution in [2.24, 2.45) is 0 Å². The third kappa shape index (κ3) is 6.15. The van der Waals surface area contributed by atoms with Gasteiger partial charge in [-0.1, -0.05) is 17.7 Å². The molecule has 0 aromatic heterocycles. The quantitative estimate of drug-likeness (QED) is 0.664. The van der Waals surface area contributed by atoms with Gasteiger partial charge in [0.1, 0.15) is 5.75 Å². The van der Waals surface area contributed by atoms with Crippen LogP contribution >= 0.6 is 11.6 Å². The summed E-state index contributed by atoms with van der Waals surface area (Å²) in [6.45, 7) is -0.104. The lowest BCUT2D eigenvalue weighted by atomic mass is 10.2. The van der Waals surface area contributed by atoms with Gasteiger partial charge in [0.2, 0.25) is 11.8 Å². The van der Waals surface area contributed by atoms with Gasteiger partial charge in [0.05, 0.1) is 32.9 Å². The third-order valence-electron chi connectivity index (χ3n) is 3.98. The number of anilines is 1. The first-order valence-electron chi connectivity index (χ1n) is 8.66. The summed E-state index contributed by atoms with van der Waals surface area (Å²) >= 11 is 6.16. The van der Waals surface area contributed by atoms with Gasteiger partial charge < -0.3 is 24.4 Å². The van der Waals surface area contributed by atoms with Crippen molar-refractivity contribution in [2.75, 3.05) is 40.2 Å². The maximum Gasteiger partial charge on any atom is 0.246 e. The average Bonchev–Trinajstić information content (AvgIpc) is 2.71. The van der Waals surface area contributed by atoms with Crippen LogP contribution in [0.2, 0.25) is 5.02 Å². The first kappa shape index (κ1) is 22.1. The Morgan fingerprint density at radius 3 is 2.52 bits per heavy atom. The minimum absolute atomic E-state index is 0.104. The molecule has 0 atom stereocenters. The number of carbonyl (C=O) groups is 2. The first-order chi connectivity index (χ1) is 13.9. The van der Waals surface area contributed by atoms with Crippen LogP contribution in [0, 0.1) is 0 Å². The van der Waals surface area contributed by atoms with Gasteiger partial charge in [0.25, 0.3) is 0 Å². The van der Waals surface area contributed by atoms with Crippen molar-refractivity contribution in [1.29, 1.82) is 0 Å². The Morgan fingerprint density at radius 2 is 1.86 bits per heavy atom. The molecule has 0 aliphatic heterocycles. The molecule has 0 bridgehead atoms. The lowest BCUT2D eigenvalue weighted by Gasteiger charge is -2.15. The molecule has 0 aliphatic carbocycles. The molecule has 0 heterocycles. The fraction of sp³-hybridized carbons (Fsp3) is 0.238. The van der Waals surface area contributed by atoms with Gasteiger partial charge in [-0.25, -0.2) is 0 Å². The van der Waals surface area contributed by atoms with Crippen molar-refractivity contribution in [3.8, 4) is 17.2 Å². The van der Waals surface area contributed by atoms with Gasteiger partial charge in [-0.2, -0.15) is 0 Å². The second-order valence-corrected chi connectivity index (χ2v) is 6.45. The zero-order valence-corrected chi connectivity index (χ0v) is 17.4. The van der Waals surface area contributed by atoms with Crippen LogP contribution in [0.3, 0.4) is 0 Å². The summed E-state index contributed by atoms with van der Waals surface area (Å²) in [5.74, 6) is 0.846. The zero-order valence-electron chi connectivity index (χ0n) is 16.7. The van der Waals surface area contributed by atoms with E-state index >= 15 is 0 Å². The number of carbonyl (C=O) groups excluding carboxylic acids is 2. The van der Waals surface area contributed by atoms with E-state index in [2.05, 4.69) is 5.32 Å². The summed E-state index contributed by atoms with van der Waals surface area (Å²) in [4.78, 5) is 25.8. The van der Waals surface area contributed by atoms with Crippen LogP contribution in [-0.4, -0.2) is 51.6 Å². The molecule has 29 heavy (non-hydrogen) atoms. The van der Waals surface area contributed by atoms with Crippen LogP contribution < -0.4 is 19.5 Å². The molecular weight excluding hydrogens is 396 g/mol. The topological polar surface area (TPSA) is 77.1 Å². The van der Waals surface area contributed by atoms with E-state index in [1.807, 2.05) is 0 Å². The number of ether oxygens (including phenoxy) is 3. The van der Waals surface area contributed by atoms with E-state index in [9.17, 15) is 9.59 Å². The molecule has 2 aromatic rings. The number of rotatable bonds is 8. The molecular formula is C21H23ClN2O5. The van der Waals surface area contributed by atoms with Gasteiger partial charge in [-0.15, -0.1) is 0 Å². The van der Waals surface area contributed by atoms with E-state index in [4.69, 9.17) is 25.8 Å². The molecule has 2 aromatic carbocycles. The Labute approximate surface area is 174 Å². The van der Waals surface area contributed by atoms with E-state index in [-0.39, 0.29) is 18.4 Å². The van der Waals surface area contributed by atoms with Crippen LogP contribution in [0.5, 0.6) is 17.2 Å². The molecule has 0 spiro atoms. The number of nitrogens with one attached hydrogen (secondary N) is 1. The summed E-state index contributed by atoms with van der Waals surface area (Å²) in [5.41, 5.74) is 1.25. The van der Waals surface area contributed by atoms with Crippen LogP contribution in [-0.2, 0) is 9.59 Å². The fourth-order valence-electron chi connectivity index (χ4n) is 2.52. The highest BCUT2D eigenvalue weighted by molar-refractivity contribution is 6.32. The second-order valence-electron chi connectivity index (χ2n) is 6.05. The van der Waals surface area contributed by atoms with Crippen molar-refractivity contribution >= 4 is 35.2 Å². The number of benzene rings is 2. The van der Waals surface area contributed by atoms with E-state index < -0.39 is 0 Å². The SMILES string of the molecule is COc1cccc(NC(=O)CN(C)C(=O)/C=C/c2cc(Cl)c(OC)c(OC)c2)c1. The van der Waals surface area contributed by atoms with Crippen LogP contribution in [0.4, 0.5) is 5.69 Å². The molecule has 8 heteroatoms. The van der Waals surface area contributed by atoms with E-state index in [0.29, 0.717) is 33.5 Å². The van der Waals surface area contributed by atoms with Crippen molar-refractivity contribution in [3.05, 3.63) is 53.1 Å². The van der Waals surface area contributed by atoms with E-state index in [0.717, 1.165) is 0 Å². The summed E-state index contributed by atoms with van der Waals surface area (Å²) in [6, 6.07) is 10.3. The molecule has 0 fully saturated rings. The Hall–Kier alpha value is -3.19. The minimum Gasteiger partial charge on any atom is -0.497 e. The highest BCUT2D eigenvalue weighted by Crippen LogP contribution is 2.36. The van der Waals surface area contributed by atoms with Gasteiger partial charge in [-0.05, 0) is 35.9 Å². The number of hydrogen-bond acceptors (Lipinski definition) is 5. The summed E-state index contributed by atoms with van der Waals surface area (Å²) in [5, 5.41) is 3.09. The van der Waals surface area contributed by atoms with Crippen molar-refractivity contribution < 1.29 is 23.8 Å². The Bertz CT molecular complexity index is 914. The molecule has 2 rings (SSSR count). The van der Waals surface area contributed by atoms with Crippen LogP contribution in [0.1, 0.15) is 5.56 Å². The maximum absolute atomic E-state index is 12.3. The standard InChI is InChI=1S/C21H23ClN2O5/c1-24(13-19(25)23-15-6-5-7-16(12-15)27-2)20(26)9-8-14-10-17(22)21(29-4)18(11-14)28-3/h5-12H,13H2,1-4H3,(H,23,25)/b9-8+. The van der Waals surface area contributed by atoms with E-state index in [1.54, 1.807) is 56.6 Å². The Kier molecular flexibility index (Phi) is 7.91. The minimum atomic E-state index is -0.336. The van der Waals surface area contributed by atoms with Gasteiger partial charge in [-0.3, -0.25) is 9.59 Å². The Balaban J connectivity index is 1.99. The molecule has 0 saturated heterocycles. The normalized spacial score (nSPS) is 10.5. The number of amides is 2. The number of hydrogen-bond donors (Lipinski definition) is 1. The molecule has 0 unspecified atom stereocenters.